The fourth-order valence-electron chi connectivity index (χ4n) is 1.34. The lowest BCUT2D eigenvalue weighted by molar-refractivity contribution is 0.300. The maximum absolute atomic E-state index is 13.3. The van der Waals surface area contributed by atoms with Crippen LogP contribution in [0.25, 0.3) is 0 Å². The topological polar surface area (TPSA) is 35.2 Å². The van der Waals surface area contributed by atoms with E-state index in [1.807, 2.05) is 0 Å². The van der Waals surface area contributed by atoms with Gasteiger partial charge in [0.05, 0.1) is 0 Å². The Kier molecular flexibility index (Phi) is 3.05. The summed E-state index contributed by atoms with van der Waals surface area (Å²) >= 11 is 0. The highest BCUT2D eigenvalue weighted by atomic mass is 19.1. The summed E-state index contributed by atoms with van der Waals surface area (Å²) in [5.41, 5.74) is 6.76. The second-order valence-electron chi connectivity index (χ2n) is 3.45. The molecule has 0 unspecified atom stereocenters. The van der Waals surface area contributed by atoms with Crippen LogP contribution in [0.1, 0.15) is 5.56 Å². The molecule has 0 atom stereocenters. The summed E-state index contributed by atoms with van der Waals surface area (Å²) in [4.78, 5) is 0. The molecular weight excluding hydrogens is 205 g/mol. The Morgan fingerprint density at radius 1 is 1.00 bits per heavy atom. The van der Waals surface area contributed by atoms with Gasteiger partial charge in [0.15, 0.2) is 0 Å². The van der Waals surface area contributed by atoms with E-state index in [2.05, 4.69) is 0 Å². The molecule has 0 fully saturated rings. The number of nitrogen functional groups attached to an aromatic ring is 1. The van der Waals surface area contributed by atoms with E-state index in [1.54, 1.807) is 42.5 Å². The molecule has 0 amide bonds. The highest BCUT2D eigenvalue weighted by molar-refractivity contribution is 5.41. The van der Waals surface area contributed by atoms with Crippen molar-refractivity contribution in [3.8, 4) is 5.75 Å². The molecule has 0 spiro atoms. The first kappa shape index (κ1) is 10.5. The van der Waals surface area contributed by atoms with Crippen LogP contribution in [0.3, 0.4) is 0 Å². The van der Waals surface area contributed by atoms with Crippen molar-refractivity contribution in [1.82, 2.24) is 0 Å². The predicted molar refractivity (Wildman–Crippen MR) is 61.6 cm³/mol. The average Bonchev–Trinajstić information content (AvgIpc) is 2.30. The van der Waals surface area contributed by atoms with Gasteiger partial charge in [0.2, 0.25) is 0 Å². The van der Waals surface area contributed by atoms with Gasteiger partial charge in [0.25, 0.3) is 0 Å². The molecule has 0 aliphatic rings. The van der Waals surface area contributed by atoms with Crippen molar-refractivity contribution in [3.63, 3.8) is 0 Å². The van der Waals surface area contributed by atoms with Crippen molar-refractivity contribution in [2.75, 3.05) is 5.73 Å². The fraction of sp³-hybridized carbons (Fsp3) is 0.0769. The lowest BCUT2D eigenvalue weighted by atomic mass is 10.2. The van der Waals surface area contributed by atoms with Crippen molar-refractivity contribution < 1.29 is 9.13 Å². The first-order valence-electron chi connectivity index (χ1n) is 4.97. The van der Waals surface area contributed by atoms with Gasteiger partial charge in [-0.15, -0.1) is 0 Å². The number of nitrogens with two attached hydrogens (primary N) is 1. The maximum atomic E-state index is 13.3. The minimum atomic E-state index is -0.252. The highest BCUT2D eigenvalue weighted by Gasteiger charge is 2.01. The molecular formula is C13H12FNO. The van der Waals surface area contributed by atoms with Gasteiger partial charge >= 0.3 is 0 Å². The van der Waals surface area contributed by atoms with E-state index < -0.39 is 0 Å². The minimum Gasteiger partial charge on any atom is -0.489 e. The standard InChI is InChI=1S/C13H12FNO/c14-13-4-2-1-3-10(13)9-16-12-7-5-11(15)6-8-12/h1-8H,9,15H2. The first-order valence-corrected chi connectivity index (χ1v) is 4.97. The fourth-order valence-corrected chi connectivity index (χ4v) is 1.34. The number of rotatable bonds is 3. The molecule has 0 saturated carbocycles. The molecule has 0 bridgehead atoms. The number of hydrogen-bond acceptors (Lipinski definition) is 2. The summed E-state index contributed by atoms with van der Waals surface area (Å²) in [5, 5.41) is 0. The summed E-state index contributed by atoms with van der Waals surface area (Å²) in [6, 6.07) is 13.6. The zero-order valence-electron chi connectivity index (χ0n) is 8.69. The van der Waals surface area contributed by atoms with E-state index in [0.717, 1.165) is 0 Å². The van der Waals surface area contributed by atoms with Gasteiger partial charge in [-0.1, -0.05) is 18.2 Å². The predicted octanol–water partition coefficient (Wildman–Crippen LogP) is 2.99. The van der Waals surface area contributed by atoms with E-state index in [0.29, 0.717) is 17.0 Å². The van der Waals surface area contributed by atoms with Crippen LogP contribution >= 0.6 is 0 Å². The molecule has 2 rings (SSSR count). The minimum absolute atomic E-state index is 0.219. The summed E-state index contributed by atoms with van der Waals surface area (Å²) in [6.45, 7) is 0.219. The zero-order chi connectivity index (χ0) is 11.4. The third-order valence-electron chi connectivity index (χ3n) is 2.23. The van der Waals surface area contributed by atoms with E-state index in [1.165, 1.54) is 6.07 Å². The lowest BCUT2D eigenvalue weighted by Crippen LogP contribution is -1.98. The monoisotopic (exact) mass is 217 g/mol. The molecule has 2 nitrogen and oxygen atoms in total. The molecule has 0 heterocycles. The largest absolute Gasteiger partial charge is 0.489 e. The SMILES string of the molecule is Nc1ccc(OCc2ccccc2F)cc1. The Morgan fingerprint density at radius 3 is 2.38 bits per heavy atom. The van der Waals surface area contributed by atoms with Crippen molar-refractivity contribution in [3.05, 3.63) is 59.9 Å². The maximum Gasteiger partial charge on any atom is 0.129 e. The number of hydrogen-bond donors (Lipinski definition) is 1. The van der Waals surface area contributed by atoms with E-state index in [-0.39, 0.29) is 12.4 Å². The molecule has 0 saturated heterocycles. The number of ether oxygens (including phenoxy) is 1. The summed E-state index contributed by atoms with van der Waals surface area (Å²) in [6.07, 6.45) is 0. The highest BCUT2D eigenvalue weighted by Crippen LogP contribution is 2.15. The number of benzene rings is 2. The van der Waals surface area contributed by atoms with Gasteiger partial charge in [0, 0.05) is 11.3 Å². The zero-order valence-corrected chi connectivity index (χ0v) is 8.69. The third-order valence-corrected chi connectivity index (χ3v) is 2.23. The van der Waals surface area contributed by atoms with E-state index >= 15 is 0 Å². The van der Waals surface area contributed by atoms with Crippen molar-refractivity contribution in [2.24, 2.45) is 0 Å². The molecule has 0 aliphatic carbocycles. The summed E-state index contributed by atoms with van der Waals surface area (Å²) in [5.74, 6) is 0.426. The van der Waals surface area contributed by atoms with Crippen LogP contribution in [0.2, 0.25) is 0 Å². The van der Waals surface area contributed by atoms with Crippen LogP contribution in [-0.2, 0) is 6.61 Å². The van der Waals surface area contributed by atoms with Crippen LogP contribution in [-0.4, -0.2) is 0 Å². The molecule has 3 heteroatoms. The molecule has 2 N–H and O–H groups in total. The quantitative estimate of drug-likeness (QED) is 0.802. The Bertz CT molecular complexity index is 468. The molecule has 0 radical (unpaired) electrons. The van der Waals surface area contributed by atoms with Gasteiger partial charge in [-0.25, -0.2) is 4.39 Å². The van der Waals surface area contributed by atoms with Crippen LogP contribution in [0, 0.1) is 5.82 Å². The molecule has 2 aromatic rings. The Balaban J connectivity index is 2.02. The Labute approximate surface area is 93.5 Å². The smallest absolute Gasteiger partial charge is 0.129 e. The van der Waals surface area contributed by atoms with Crippen LogP contribution in [0.5, 0.6) is 5.75 Å². The lowest BCUT2D eigenvalue weighted by Gasteiger charge is -2.07. The van der Waals surface area contributed by atoms with Crippen LogP contribution in [0.4, 0.5) is 10.1 Å². The Hall–Kier alpha value is -2.03. The number of halogens is 1. The molecule has 2 aromatic carbocycles. The molecule has 0 aromatic heterocycles. The molecule has 0 aliphatic heterocycles. The van der Waals surface area contributed by atoms with Gasteiger partial charge in [0.1, 0.15) is 18.2 Å². The normalized spacial score (nSPS) is 10.1. The Morgan fingerprint density at radius 2 is 1.69 bits per heavy atom. The third kappa shape index (κ3) is 2.51. The van der Waals surface area contributed by atoms with Crippen LogP contribution < -0.4 is 10.5 Å². The molecule has 82 valence electrons. The second-order valence-corrected chi connectivity index (χ2v) is 3.45. The average molecular weight is 217 g/mol. The van der Waals surface area contributed by atoms with Crippen LogP contribution in [0.15, 0.2) is 48.5 Å². The van der Waals surface area contributed by atoms with Gasteiger partial charge in [-0.2, -0.15) is 0 Å². The summed E-state index contributed by atoms with van der Waals surface area (Å²) < 4.78 is 18.7. The molecule has 16 heavy (non-hydrogen) atoms. The van der Waals surface area contributed by atoms with Crippen molar-refractivity contribution in [2.45, 2.75) is 6.61 Å². The van der Waals surface area contributed by atoms with Gasteiger partial charge in [-0.3, -0.25) is 0 Å². The van der Waals surface area contributed by atoms with Gasteiger partial charge < -0.3 is 10.5 Å². The van der Waals surface area contributed by atoms with Gasteiger partial charge in [-0.05, 0) is 30.3 Å². The number of anilines is 1. The van der Waals surface area contributed by atoms with E-state index in [4.69, 9.17) is 10.5 Å². The van der Waals surface area contributed by atoms with Crippen molar-refractivity contribution >= 4 is 5.69 Å². The summed E-state index contributed by atoms with van der Waals surface area (Å²) in [7, 11) is 0. The second kappa shape index (κ2) is 4.66. The van der Waals surface area contributed by atoms with E-state index in [9.17, 15) is 4.39 Å². The first-order chi connectivity index (χ1) is 7.75. The van der Waals surface area contributed by atoms with Crippen molar-refractivity contribution in [1.29, 1.82) is 0 Å².